The lowest BCUT2D eigenvalue weighted by molar-refractivity contribution is -0.121. The summed E-state index contributed by atoms with van der Waals surface area (Å²) in [6.45, 7) is 6.17. The molecule has 3 N–H and O–H groups in total. The zero-order chi connectivity index (χ0) is 29.6. The van der Waals surface area contributed by atoms with Crippen molar-refractivity contribution in [3.8, 4) is 0 Å². The molecule has 1 heterocycles. The molecular formula is C32H35N3O6. The lowest BCUT2D eigenvalue weighted by atomic mass is 9.84. The number of hydrogen-bond acceptors (Lipinski definition) is 6. The topological polar surface area (TPSA) is 125 Å². The van der Waals surface area contributed by atoms with Crippen molar-refractivity contribution >= 4 is 29.6 Å². The summed E-state index contributed by atoms with van der Waals surface area (Å²) in [7, 11) is 0. The van der Waals surface area contributed by atoms with E-state index in [0.717, 1.165) is 28.9 Å². The summed E-state index contributed by atoms with van der Waals surface area (Å²) < 4.78 is 5.26. The summed E-state index contributed by atoms with van der Waals surface area (Å²) in [5, 5.41) is 15.3. The molecule has 0 spiro atoms. The van der Waals surface area contributed by atoms with Gasteiger partial charge in [0.2, 0.25) is 0 Å². The molecule has 41 heavy (non-hydrogen) atoms. The van der Waals surface area contributed by atoms with Gasteiger partial charge in [-0.05, 0) is 87.7 Å². The van der Waals surface area contributed by atoms with Crippen molar-refractivity contribution in [2.45, 2.75) is 57.7 Å². The predicted molar refractivity (Wildman–Crippen MR) is 155 cm³/mol. The maximum atomic E-state index is 14.1. The summed E-state index contributed by atoms with van der Waals surface area (Å²) in [5.74, 6) is -2.19. The van der Waals surface area contributed by atoms with Crippen molar-refractivity contribution in [2.24, 2.45) is 0 Å². The first kappa shape index (κ1) is 29.5. The molecule has 9 heteroatoms. The fraction of sp³-hybridized carbons (Fsp3) is 0.312. The number of anilines is 1. The van der Waals surface area contributed by atoms with E-state index in [4.69, 9.17) is 4.74 Å². The highest BCUT2D eigenvalue weighted by Crippen LogP contribution is 2.31. The average Bonchev–Trinajstić information content (AvgIpc) is 2.96. The number of carbonyl (C=O) groups is 4. The van der Waals surface area contributed by atoms with Crippen LogP contribution in [0.2, 0.25) is 0 Å². The molecular weight excluding hydrogens is 522 g/mol. The maximum absolute atomic E-state index is 14.1. The van der Waals surface area contributed by atoms with Crippen LogP contribution < -0.4 is 15.5 Å². The third kappa shape index (κ3) is 7.58. The van der Waals surface area contributed by atoms with E-state index >= 15 is 0 Å². The molecule has 9 nitrogen and oxygen atoms in total. The number of carboxylic acids is 1. The Labute approximate surface area is 239 Å². The van der Waals surface area contributed by atoms with Crippen LogP contribution in [0.25, 0.3) is 0 Å². The van der Waals surface area contributed by atoms with Gasteiger partial charge in [0.15, 0.2) is 0 Å². The average molecular weight is 558 g/mol. The highest BCUT2D eigenvalue weighted by Gasteiger charge is 2.38. The summed E-state index contributed by atoms with van der Waals surface area (Å²) in [5.41, 5.74) is 1.73. The van der Waals surface area contributed by atoms with E-state index in [9.17, 15) is 24.3 Å². The highest BCUT2D eigenvalue weighted by molar-refractivity contribution is 6.22. The van der Waals surface area contributed by atoms with Gasteiger partial charge in [0.1, 0.15) is 5.60 Å². The molecule has 3 aromatic carbocycles. The van der Waals surface area contributed by atoms with Gasteiger partial charge in [-0.2, -0.15) is 0 Å². The number of nitrogens with one attached hydrogen (secondary N) is 2. The molecule has 0 aliphatic carbocycles. The Morgan fingerprint density at radius 1 is 0.927 bits per heavy atom. The highest BCUT2D eigenvalue weighted by atomic mass is 16.6. The number of ether oxygens (including phenoxy) is 1. The largest absolute Gasteiger partial charge is 0.478 e. The smallest absolute Gasteiger partial charge is 0.407 e. The van der Waals surface area contributed by atoms with Crippen molar-refractivity contribution in [1.82, 2.24) is 10.6 Å². The van der Waals surface area contributed by atoms with Gasteiger partial charge in [0.05, 0.1) is 17.3 Å². The Bertz CT molecular complexity index is 1380. The zero-order valence-corrected chi connectivity index (χ0v) is 23.4. The van der Waals surface area contributed by atoms with Gasteiger partial charge in [0.25, 0.3) is 11.8 Å². The van der Waals surface area contributed by atoms with Crippen LogP contribution >= 0.6 is 0 Å². The predicted octanol–water partition coefficient (Wildman–Crippen LogP) is 5.12. The Kier molecular flexibility index (Phi) is 9.19. The summed E-state index contributed by atoms with van der Waals surface area (Å²) in [4.78, 5) is 52.6. The number of hydrogen-bond donors (Lipinski definition) is 3. The molecule has 0 saturated carbocycles. The van der Waals surface area contributed by atoms with Crippen LogP contribution in [-0.2, 0) is 16.1 Å². The molecule has 0 aromatic heterocycles. The minimum absolute atomic E-state index is 0.0494. The SMILES string of the molecule is CC(C)(C)OC(=O)NCc1ccc(C(=O)N(C(=O)C2NCCCC2c2ccccc2)c2ccc(C(=O)O)cc2)cc1. The summed E-state index contributed by atoms with van der Waals surface area (Å²) in [6, 6.07) is 21.4. The fourth-order valence-corrected chi connectivity index (χ4v) is 4.83. The molecule has 0 radical (unpaired) electrons. The second-order valence-corrected chi connectivity index (χ2v) is 11.0. The molecule has 2 atom stereocenters. The van der Waals surface area contributed by atoms with Crippen molar-refractivity contribution in [2.75, 3.05) is 11.4 Å². The quantitative estimate of drug-likeness (QED) is 0.345. The fourth-order valence-electron chi connectivity index (χ4n) is 4.83. The van der Waals surface area contributed by atoms with E-state index in [1.165, 1.54) is 24.3 Å². The van der Waals surface area contributed by atoms with Crippen LogP contribution in [0, 0.1) is 0 Å². The zero-order valence-electron chi connectivity index (χ0n) is 23.4. The van der Waals surface area contributed by atoms with Crippen LogP contribution in [0.5, 0.6) is 0 Å². The molecule has 1 fully saturated rings. The summed E-state index contributed by atoms with van der Waals surface area (Å²) in [6.07, 6.45) is 1.13. The second-order valence-electron chi connectivity index (χ2n) is 11.0. The van der Waals surface area contributed by atoms with Gasteiger partial charge in [-0.25, -0.2) is 14.5 Å². The summed E-state index contributed by atoms with van der Waals surface area (Å²) >= 11 is 0. The van der Waals surface area contributed by atoms with E-state index in [1.54, 1.807) is 45.0 Å². The van der Waals surface area contributed by atoms with Crippen molar-refractivity contribution in [1.29, 1.82) is 0 Å². The van der Waals surface area contributed by atoms with E-state index < -0.39 is 35.5 Å². The molecule has 1 saturated heterocycles. The number of rotatable bonds is 7. The monoisotopic (exact) mass is 557 g/mol. The molecule has 3 amide bonds. The number of nitrogens with zero attached hydrogens (tertiary/aromatic N) is 1. The first-order valence-electron chi connectivity index (χ1n) is 13.6. The van der Waals surface area contributed by atoms with E-state index in [-0.39, 0.29) is 29.3 Å². The number of amides is 3. The molecule has 4 rings (SSSR count). The van der Waals surface area contributed by atoms with Gasteiger partial charge in [-0.3, -0.25) is 9.59 Å². The number of carboxylic acid groups (broad SMARTS) is 1. The van der Waals surface area contributed by atoms with E-state index in [2.05, 4.69) is 10.6 Å². The van der Waals surface area contributed by atoms with E-state index in [1.807, 2.05) is 30.3 Å². The third-order valence-corrected chi connectivity index (χ3v) is 6.78. The van der Waals surface area contributed by atoms with Gasteiger partial charge in [-0.1, -0.05) is 42.5 Å². The number of benzene rings is 3. The van der Waals surface area contributed by atoms with Crippen LogP contribution in [0.3, 0.4) is 0 Å². The van der Waals surface area contributed by atoms with Gasteiger partial charge >= 0.3 is 12.1 Å². The minimum atomic E-state index is -1.10. The molecule has 3 aromatic rings. The lowest BCUT2D eigenvalue weighted by Crippen LogP contribution is -2.54. The van der Waals surface area contributed by atoms with Crippen molar-refractivity contribution < 1.29 is 29.0 Å². The number of aromatic carboxylic acids is 1. The van der Waals surface area contributed by atoms with Crippen LogP contribution in [0.1, 0.15) is 71.4 Å². The van der Waals surface area contributed by atoms with Gasteiger partial charge in [0, 0.05) is 18.0 Å². The molecule has 1 aliphatic heterocycles. The molecule has 214 valence electrons. The molecule has 2 unspecified atom stereocenters. The standard InChI is InChI=1S/C32H35N3O6/c1-32(2,3)41-31(40)34-20-21-11-13-23(14-12-21)28(36)35(25-17-15-24(16-18-25)30(38)39)29(37)27-26(10-7-19-33-27)22-8-5-4-6-9-22/h4-6,8-9,11-18,26-27,33H,7,10,19-20H2,1-3H3,(H,34,40)(H,38,39). The van der Waals surface area contributed by atoms with Crippen LogP contribution in [0.15, 0.2) is 78.9 Å². The van der Waals surface area contributed by atoms with Crippen LogP contribution in [0.4, 0.5) is 10.5 Å². The van der Waals surface area contributed by atoms with E-state index in [0.29, 0.717) is 6.54 Å². The second kappa shape index (κ2) is 12.8. The van der Waals surface area contributed by atoms with Crippen molar-refractivity contribution in [3.63, 3.8) is 0 Å². The van der Waals surface area contributed by atoms with Gasteiger partial charge in [-0.15, -0.1) is 0 Å². The number of piperidine rings is 1. The Balaban J connectivity index is 1.61. The minimum Gasteiger partial charge on any atom is -0.478 e. The van der Waals surface area contributed by atoms with Gasteiger partial charge < -0.3 is 20.5 Å². The van der Waals surface area contributed by atoms with Crippen LogP contribution in [-0.4, -0.2) is 47.2 Å². The number of alkyl carbamates (subject to hydrolysis) is 1. The molecule has 1 aliphatic rings. The Morgan fingerprint density at radius 3 is 2.17 bits per heavy atom. The normalized spacial score (nSPS) is 16.9. The lowest BCUT2D eigenvalue weighted by Gasteiger charge is -2.35. The first-order valence-corrected chi connectivity index (χ1v) is 13.6. The maximum Gasteiger partial charge on any atom is 0.407 e. The Hall–Kier alpha value is -4.50. The number of carbonyl (C=O) groups excluding carboxylic acids is 3. The Morgan fingerprint density at radius 2 is 1.56 bits per heavy atom. The first-order chi connectivity index (χ1) is 19.5. The third-order valence-electron chi connectivity index (χ3n) is 6.78. The number of imide groups is 1. The molecule has 0 bridgehead atoms. The van der Waals surface area contributed by atoms with Crippen molar-refractivity contribution in [3.05, 3.63) is 101 Å².